The molecule has 1 amide bonds. The first-order valence-corrected chi connectivity index (χ1v) is 5.72. The molecule has 18 heavy (non-hydrogen) atoms. The Morgan fingerprint density at radius 2 is 2.33 bits per heavy atom. The largest absolute Gasteiger partial charge is 0.369 e. The number of anilines is 1. The van der Waals surface area contributed by atoms with Crippen LogP contribution >= 0.6 is 11.6 Å². The first kappa shape index (κ1) is 12.7. The SMILES string of the molecule is CC(C)OCC(=O)Nc1nc(Cl)c2[nH]cnc2n1. The molecule has 0 bridgehead atoms. The molecule has 0 fully saturated rings. The van der Waals surface area contributed by atoms with Gasteiger partial charge in [0.15, 0.2) is 10.8 Å². The van der Waals surface area contributed by atoms with Crippen molar-refractivity contribution in [1.82, 2.24) is 19.9 Å². The Balaban J connectivity index is 2.09. The van der Waals surface area contributed by atoms with Crippen molar-refractivity contribution >= 4 is 34.6 Å². The van der Waals surface area contributed by atoms with Crippen LogP contribution in [0.3, 0.4) is 0 Å². The zero-order valence-electron chi connectivity index (χ0n) is 9.90. The van der Waals surface area contributed by atoms with Crippen LogP contribution in [0.15, 0.2) is 6.33 Å². The number of imidazole rings is 1. The van der Waals surface area contributed by atoms with Crippen molar-refractivity contribution in [2.24, 2.45) is 0 Å². The summed E-state index contributed by atoms with van der Waals surface area (Å²) in [6, 6.07) is 0. The summed E-state index contributed by atoms with van der Waals surface area (Å²) in [5.41, 5.74) is 0.933. The van der Waals surface area contributed by atoms with Crippen molar-refractivity contribution in [2.45, 2.75) is 20.0 Å². The number of nitrogens with one attached hydrogen (secondary N) is 2. The van der Waals surface area contributed by atoms with E-state index in [1.54, 1.807) is 0 Å². The van der Waals surface area contributed by atoms with Gasteiger partial charge in [-0.25, -0.2) is 4.98 Å². The lowest BCUT2D eigenvalue weighted by molar-refractivity contribution is -0.122. The summed E-state index contributed by atoms with van der Waals surface area (Å²) >= 11 is 5.91. The molecule has 2 aromatic rings. The van der Waals surface area contributed by atoms with E-state index in [9.17, 15) is 4.79 Å². The van der Waals surface area contributed by atoms with Crippen molar-refractivity contribution in [3.63, 3.8) is 0 Å². The van der Waals surface area contributed by atoms with Crippen LogP contribution in [0, 0.1) is 0 Å². The van der Waals surface area contributed by atoms with Crippen molar-refractivity contribution in [3.8, 4) is 0 Å². The molecule has 96 valence electrons. The lowest BCUT2D eigenvalue weighted by Crippen LogP contribution is -2.21. The minimum Gasteiger partial charge on any atom is -0.369 e. The number of rotatable bonds is 4. The first-order chi connectivity index (χ1) is 8.56. The molecule has 0 aliphatic rings. The lowest BCUT2D eigenvalue weighted by Gasteiger charge is -2.07. The van der Waals surface area contributed by atoms with Crippen LogP contribution in [0.1, 0.15) is 13.8 Å². The fourth-order valence-electron chi connectivity index (χ4n) is 1.26. The van der Waals surface area contributed by atoms with E-state index >= 15 is 0 Å². The topological polar surface area (TPSA) is 92.8 Å². The van der Waals surface area contributed by atoms with Crippen LogP contribution in [0.25, 0.3) is 11.2 Å². The van der Waals surface area contributed by atoms with Crippen molar-refractivity contribution in [1.29, 1.82) is 0 Å². The Hall–Kier alpha value is -1.73. The number of H-pyrrole nitrogens is 1. The molecule has 0 saturated carbocycles. The first-order valence-electron chi connectivity index (χ1n) is 5.34. The zero-order valence-corrected chi connectivity index (χ0v) is 10.7. The molecule has 0 aromatic carbocycles. The highest BCUT2D eigenvalue weighted by atomic mass is 35.5. The monoisotopic (exact) mass is 269 g/mol. The molecule has 2 aromatic heterocycles. The standard InChI is InChI=1S/C10H12ClN5O2/c1-5(2)18-3-6(17)14-10-15-8(11)7-9(16-10)13-4-12-7/h4-5H,3H2,1-2H3,(H2,12,13,14,15,16,17). The van der Waals surface area contributed by atoms with Crippen molar-refractivity contribution < 1.29 is 9.53 Å². The van der Waals surface area contributed by atoms with Gasteiger partial charge in [-0.3, -0.25) is 10.1 Å². The molecular formula is C10H12ClN5O2. The van der Waals surface area contributed by atoms with Gasteiger partial charge >= 0.3 is 0 Å². The van der Waals surface area contributed by atoms with Crippen LogP contribution in [0.4, 0.5) is 5.95 Å². The molecule has 0 spiro atoms. The molecule has 0 atom stereocenters. The Labute approximate surface area is 108 Å². The maximum absolute atomic E-state index is 11.5. The van der Waals surface area contributed by atoms with E-state index in [4.69, 9.17) is 16.3 Å². The summed E-state index contributed by atoms with van der Waals surface area (Å²) in [5, 5.41) is 2.70. The molecule has 2 rings (SSSR count). The van der Waals surface area contributed by atoms with Crippen molar-refractivity contribution in [3.05, 3.63) is 11.5 Å². The summed E-state index contributed by atoms with van der Waals surface area (Å²) in [6.45, 7) is 3.63. The number of nitrogens with zero attached hydrogens (tertiary/aromatic N) is 3. The Kier molecular flexibility index (Phi) is 3.73. The molecule has 0 radical (unpaired) electrons. The molecule has 8 heteroatoms. The molecular weight excluding hydrogens is 258 g/mol. The molecule has 0 saturated heterocycles. The van der Waals surface area contributed by atoms with E-state index in [0.717, 1.165) is 0 Å². The van der Waals surface area contributed by atoms with Crippen molar-refractivity contribution in [2.75, 3.05) is 11.9 Å². The molecule has 0 aliphatic heterocycles. The minimum absolute atomic E-state index is 0.0194. The van der Waals surface area contributed by atoms with E-state index < -0.39 is 0 Å². The van der Waals surface area contributed by atoms with Crippen LogP contribution in [0.5, 0.6) is 0 Å². The highest BCUT2D eigenvalue weighted by Crippen LogP contribution is 2.17. The molecule has 2 N–H and O–H groups in total. The van der Waals surface area contributed by atoms with Gasteiger partial charge in [0.25, 0.3) is 5.91 Å². The maximum Gasteiger partial charge on any atom is 0.252 e. The van der Waals surface area contributed by atoms with E-state index in [1.165, 1.54) is 6.33 Å². The third-order valence-electron chi connectivity index (χ3n) is 2.04. The van der Waals surface area contributed by atoms with Gasteiger partial charge in [-0.15, -0.1) is 0 Å². The number of amides is 1. The van der Waals surface area contributed by atoms with E-state index in [0.29, 0.717) is 11.2 Å². The number of aromatic nitrogens is 4. The van der Waals surface area contributed by atoms with Gasteiger partial charge in [-0.05, 0) is 13.8 Å². The van der Waals surface area contributed by atoms with Gasteiger partial charge in [-0.1, -0.05) is 11.6 Å². The fourth-order valence-corrected chi connectivity index (χ4v) is 1.48. The molecule has 0 aliphatic carbocycles. The number of halogens is 1. The Bertz CT molecular complexity index is 568. The van der Waals surface area contributed by atoms with Crippen LogP contribution in [-0.4, -0.2) is 38.6 Å². The van der Waals surface area contributed by atoms with Gasteiger partial charge in [0.2, 0.25) is 5.95 Å². The minimum atomic E-state index is -0.338. The second kappa shape index (κ2) is 5.28. The normalized spacial score (nSPS) is 11.1. The van der Waals surface area contributed by atoms with Gasteiger partial charge in [0, 0.05) is 0 Å². The second-order valence-corrected chi connectivity index (χ2v) is 4.21. The van der Waals surface area contributed by atoms with E-state index in [-0.39, 0.29) is 29.7 Å². The number of hydrogen-bond acceptors (Lipinski definition) is 5. The van der Waals surface area contributed by atoms with Crippen LogP contribution < -0.4 is 5.32 Å². The quantitative estimate of drug-likeness (QED) is 0.818. The predicted molar refractivity (Wildman–Crippen MR) is 66.4 cm³/mol. The Morgan fingerprint density at radius 3 is 3.06 bits per heavy atom. The van der Waals surface area contributed by atoms with Gasteiger partial charge in [0.1, 0.15) is 12.1 Å². The van der Waals surface area contributed by atoms with Crippen LogP contribution in [-0.2, 0) is 9.53 Å². The third-order valence-corrected chi connectivity index (χ3v) is 2.31. The number of hydrogen-bond donors (Lipinski definition) is 2. The van der Waals surface area contributed by atoms with Gasteiger partial charge < -0.3 is 9.72 Å². The average Bonchev–Trinajstić information content (AvgIpc) is 2.75. The zero-order chi connectivity index (χ0) is 13.1. The fraction of sp³-hybridized carbons (Fsp3) is 0.400. The predicted octanol–water partition coefficient (Wildman–Crippen LogP) is 1.37. The van der Waals surface area contributed by atoms with E-state index in [2.05, 4.69) is 25.3 Å². The third kappa shape index (κ3) is 2.93. The van der Waals surface area contributed by atoms with Crippen LogP contribution in [0.2, 0.25) is 5.15 Å². The number of carbonyl (C=O) groups is 1. The molecule has 2 heterocycles. The average molecular weight is 270 g/mol. The lowest BCUT2D eigenvalue weighted by atomic mass is 10.5. The molecule has 0 unspecified atom stereocenters. The summed E-state index contributed by atoms with van der Waals surface area (Å²) in [5.74, 6) is -0.230. The number of ether oxygens (including phenoxy) is 1. The highest BCUT2D eigenvalue weighted by molar-refractivity contribution is 6.33. The van der Waals surface area contributed by atoms with Gasteiger partial charge in [-0.2, -0.15) is 9.97 Å². The smallest absolute Gasteiger partial charge is 0.252 e. The summed E-state index contributed by atoms with van der Waals surface area (Å²) in [7, 11) is 0. The second-order valence-electron chi connectivity index (χ2n) is 3.85. The van der Waals surface area contributed by atoms with Gasteiger partial charge in [0.05, 0.1) is 12.4 Å². The highest BCUT2D eigenvalue weighted by Gasteiger charge is 2.11. The van der Waals surface area contributed by atoms with E-state index in [1.807, 2.05) is 13.8 Å². The Morgan fingerprint density at radius 1 is 1.56 bits per heavy atom. The summed E-state index contributed by atoms with van der Waals surface area (Å²) in [4.78, 5) is 26.2. The molecule has 7 nitrogen and oxygen atoms in total. The number of aromatic amines is 1. The maximum atomic E-state index is 11.5. The summed E-state index contributed by atoms with van der Waals surface area (Å²) in [6.07, 6.45) is 1.44. The summed E-state index contributed by atoms with van der Waals surface area (Å²) < 4.78 is 5.16. The number of fused-ring (bicyclic) bond motifs is 1. The number of carbonyl (C=O) groups excluding carboxylic acids is 1.